The molecule has 1 fully saturated rings. The lowest BCUT2D eigenvalue weighted by Crippen LogP contribution is -2.40. The maximum absolute atomic E-state index is 11.6. The van der Waals surface area contributed by atoms with Gasteiger partial charge in [0.25, 0.3) is 0 Å². The molecule has 1 aliphatic rings. The molecule has 0 aliphatic carbocycles. The first kappa shape index (κ1) is 18.7. The number of carbonyl (C=O) groups is 1. The number of hydrogen-bond donors (Lipinski definition) is 1. The van der Waals surface area contributed by atoms with Crippen LogP contribution in [0.5, 0.6) is 0 Å². The number of hydrogen-bond acceptors (Lipinski definition) is 3. The third-order valence-corrected chi connectivity index (χ3v) is 3.72. The fraction of sp³-hybridized carbons (Fsp3) is 0.688. The van der Waals surface area contributed by atoms with Gasteiger partial charge in [0.15, 0.2) is 0 Å². The number of nitrogens with zero attached hydrogens (tertiary/aromatic N) is 1. The molecule has 1 amide bonds. The molecule has 116 valence electrons. The van der Waals surface area contributed by atoms with Crippen LogP contribution in [-0.2, 0) is 9.53 Å². The molecule has 1 heterocycles. The van der Waals surface area contributed by atoms with E-state index < -0.39 is 0 Å². The minimum atomic E-state index is -0.202. The van der Waals surface area contributed by atoms with Gasteiger partial charge in [0.1, 0.15) is 13.5 Å². The minimum absolute atomic E-state index is 0.0883. The molecule has 0 aromatic carbocycles. The zero-order valence-corrected chi connectivity index (χ0v) is 13.1. The second-order valence-corrected chi connectivity index (χ2v) is 5.17. The number of primary amides is 1. The summed E-state index contributed by atoms with van der Waals surface area (Å²) in [6, 6.07) is 0. The zero-order chi connectivity index (χ0) is 15.5. The molecule has 0 aromatic heterocycles. The summed E-state index contributed by atoms with van der Waals surface area (Å²) in [5.41, 5.74) is 6.48. The van der Waals surface area contributed by atoms with Gasteiger partial charge in [0.05, 0.1) is 0 Å². The highest BCUT2D eigenvalue weighted by atomic mass is 16.5. The third kappa shape index (κ3) is 6.24. The first-order chi connectivity index (χ1) is 9.58. The van der Waals surface area contributed by atoms with Crippen molar-refractivity contribution in [2.24, 2.45) is 17.6 Å². The summed E-state index contributed by atoms with van der Waals surface area (Å²) in [5, 5.41) is 0. The summed E-state index contributed by atoms with van der Waals surface area (Å²) in [6.45, 7) is 15.6. The number of nitrogens with two attached hydrogens (primary N) is 1. The molecule has 0 radical (unpaired) electrons. The molecule has 1 saturated heterocycles. The molecule has 1 rings (SSSR count). The van der Waals surface area contributed by atoms with E-state index in [4.69, 9.17) is 10.5 Å². The Labute approximate surface area is 123 Å². The van der Waals surface area contributed by atoms with E-state index in [1.807, 2.05) is 4.90 Å². The van der Waals surface area contributed by atoms with Crippen molar-refractivity contribution in [2.75, 3.05) is 13.5 Å². The topological polar surface area (TPSA) is 55.6 Å². The van der Waals surface area contributed by atoms with Crippen LogP contribution in [0, 0.1) is 11.8 Å². The summed E-state index contributed by atoms with van der Waals surface area (Å²) >= 11 is 0. The number of ether oxygens (including phenoxy) is 1. The minimum Gasteiger partial charge on any atom is -0.369 e. The van der Waals surface area contributed by atoms with E-state index in [0.717, 1.165) is 25.0 Å². The lowest BCUT2D eigenvalue weighted by Gasteiger charge is -2.35. The molecule has 20 heavy (non-hydrogen) atoms. The molecular weight excluding hydrogens is 252 g/mol. The zero-order valence-electron chi connectivity index (χ0n) is 13.1. The summed E-state index contributed by atoms with van der Waals surface area (Å²) in [4.78, 5) is 13.6. The van der Waals surface area contributed by atoms with Gasteiger partial charge >= 0.3 is 0 Å². The highest BCUT2D eigenvalue weighted by Gasteiger charge is 2.24. The van der Waals surface area contributed by atoms with E-state index in [1.165, 1.54) is 6.42 Å². The van der Waals surface area contributed by atoms with Crippen molar-refractivity contribution >= 4 is 5.91 Å². The third-order valence-electron chi connectivity index (χ3n) is 3.72. The number of allylic oxidation sites excluding steroid dienone is 1. The van der Waals surface area contributed by atoms with Gasteiger partial charge in [0, 0.05) is 11.6 Å². The van der Waals surface area contributed by atoms with E-state index in [0.29, 0.717) is 25.8 Å². The monoisotopic (exact) mass is 282 g/mol. The van der Waals surface area contributed by atoms with Crippen LogP contribution in [0.15, 0.2) is 25.4 Å². The maximum atomic E-state index is 11.6. The Bertz CT molecular complexity index is 301. The van der Waals surface area contributed by atoms with Crippen molar-refractivity contribution in [3.63, 3.8) is 0 Å². The molecule has 0 aromatic rings. The quantitative estimate of drug-likeness (QED) is 0.660. The van der Waals surface area contributed by atoms with Gasteiger partial charge in [-0.25, -0.2) is 0 Å². The van der Waals surface area contributed by atoms with E-state index in [9.17, 15) is 4.79 Å². The Balaban J connectivity index is 0.00000172. The molecule has 0 spiro atoms. The van der Waals surface area contributed by atoms with Crippen LogP contribution in [0.3, 0.4) is 0 Å². The van der Waals surface area contributed by atoms with E-state index in [-0.39, 0.29) is 11.8 Å². The van der Waals surface area contributed by atoms with Crippen LogP contribution < -0.4 is 5.73 Å². The fourth-order valence-electron chi connectivity index (χ4n) is 2.38. The van der Waals surface area contributed by atoms with Crippen LogP contribution in [-0.4, -0.2) is 24.3 Å². The maximum Gasteiger partial charge on any atom is 0.220 e. The largest absolute Gasteiger partial charge is 0.369 e. The van der Waals surface area contributed by atoms with Gasteiger partial charge in [-0.05, 0) is 18.8 Å². The molecule has 0 bridgehead atoms. The fourth-order valence-corrected chi connectivity index (χ4v) is 2.38. The van der Waals surface area contributed by atoms with Gasteiger partial charge < -0.3 is 15.4 Å². The molecule has 2 unspecified atom stereocenters. The van der Waals surface area contributed by atoms with Crippen LogP contribution in [0.2, 0.25) is 0 Å². The summed E-state index contributed by atoms with van der Waals surface area (Å²) in [7, 11) is 0. The van der Waals surface area contributed by atoms with E-state index in [1.54, 1.807) is 0 Å². The van der Waals surface area contributed by atoms with Crippen LogP contribution in [0.4, 0.5) is 0 Å². The Hall–Kier alpha value is -1.29. The Kier molecular flexibility index (Phi) is 9.82. The van der Waals surface area contributed by atoms with E-state index in [2.05, 4.69) is 33.6 Å². The van der Waals surface area contributed by atoms with Crippen molar-refractivity contribution in [3.05, 3.63) is 25.4 Å². The van der Waals surface area contributed by atoms with Crippen molar-refractivity contribution in [2.45, 2.75) is 46.0 Å². The lowest BCUT2D eigenvalue weighted by atomic mass is 9.86. The highest BCUT2D eigenvalue weighted by molar-refractivity contribution is 5.76. The Morgan fingerprint density at radius 3 is 2.30 bits per heavy atom. The van der Waals surface area contributed by atoms with Crippen LogP contribution in [0.1, 0.15) is 46.0 Å². The van der Waals surface area contributed by atoms with Gasteiger partial charge in [-0.15, -0.1) is 13.2 Å². The molecule has 4 heteroatoms. The van der Waals surface area contributed by atoms with Gasteiger partial charge in [-0.1, -0.05) is 39.7 Å². The number of carbonyl (C=O) groups excluding carboxylic acids is 1. The Morgan fingerprint density at radius 2 is 1.95 bits per heavy atom. The van der Waals surface area contributed by atoms with Gasteiger partial charge in [-0.2, -0.15) is 0 Å². The summed E-state index contributed by atoms with van der Waals surface area (Å²) in [6.07, 6.45) is 4.98. The lowest BCUT2D eigenvalue weighted by molar-refractivity contribution is -0.129. The number of amides is 1. The molecule has 2 N–H and O–H groups in total. The van der Waals surface area contributed by atoms with Crippen LogP contribution >= 0.6 is 0 Å². The highest BCUT2D eigenvalue weighted by Crippen LogP contribution is 2.26. The van der Waals surface area contributed by atoms with Crippen molar-refractivity contribution < 1.29 is 9.53 Å². The van der Waals surface area contributed by atoms with Crippen molar-refractivity contribution in [3.8, 4) is 0 Å². The predicted molar refractivity (Wildman–Crippen MR) is 83.7 cm³/mol. The normalized spacial score (nSPS) is 16.4. The standard InChI is InChI=1S/C14H26N2O2.C2H4/c1-4-6-12(5-2)8-13(14(15)17)7-11(3)16-9-18-10-16;1-2/h12-13H,3-10H2,1-2H3,(H2,15,17);1-2H2. The first-order valence-electron chi connectivity index (χ1n) is 7.38. The van der Waals surface area contributed by atoms with Crippen molar-refractivity contribution in [1.29, 1.82) is 0 Å². The molecule has 0 saturated carbocycles. The van der Waals surface area contributed by atoms with Gasteiger partial charge in [-0.3, -0.25) is 4.79 Å². The predicted octanol–water partition coefficient (Wildman–Crippen LogP) is 3.26. The molecule has 1 aliphatic heterocycles. The second-order valence-electron chi connectivity index (χ2n) is 5.17. The van der Waals surface area contributed by atoms with E-state index >= 15 is 0 Å². The number of rotatable bonds is 9. The second kappa shape index (κ2) is 10.5. The molecule has 2 atom stereocenters. The first-order valence-corrected chi connectivity index (χ1v) is 7.38. The average Bonchev–Trinajstić information content (AvgIpc) is 2.37. The summed E-state index contributed by atoms with van der Waals surface area (Å²) in [5.74, 6) is 0.301. The molecule has 4 nitrogen and oxygen atoms in total. The summed E-state index contributed by atoms with van der Waals surface area (Å²) < 4.78 is 5.09. The SMILES string of the molecule is C=C.C=C(CC(CC(CC)CCC)C(N)=O)N1COC1. The smallest absolute Gasteiger partial charge is 0.220 e. The average molecular weight is 282 g/mol. The molecular formula is C16H30N2O2. The van der Waals surface area contributed by atoms with Gasteiger partial charge in [0.2, 0.25) is 5.91 Å². The van der Waals surface area contributed by atoms with Crippen LogP contribution in [0.25, 0.3) is 0 Å². The Morgan fingerprint density at radius 1 is 1.35 bits per heavy atom. The van der Waals surface area contributed by atoms with Crippen molar-refractivity contribution in [1.82, 2.24) is 4.90 Å².